The fraction of sp³-hybridized carbons (Fsp3) is 0.250. The highest BCUT2D eigenvalue weighted by Crippen LogP contribution is 2.27. The Bertz CT molecular complexity index is 477. The minimum atomic E-state index is 0.255. The number of phenolic OH excluding ortho intramolecular Hbond substituents is 1. The SMILES string of the molecule is CN(C)Cc1cc(-c2ccccc2O)n[nH]1. The number of hydrogen-bond acceptors (Lipinski definition) is 3. The van der Waals surface area contributed by atoms with Crippen molar-refractivity contribution in [2.24, 2.45) is 0 Å². The Morgan fingerprint density at radius 1 is 1.31 bits per heavy atom. The predicted molar refractivity (Wildman–Crippen MR) is 63.1 cm³/mol. The topological polar surface area (TPSA) is 52.1 Å². The molecule has 1 aromatic carbocycles. The number of aromatic hydroxyl groups is 1. The second-order valence-corrected chi connectivity index (χ2v) is 4.03. The van der Waals surface area contributed by atoms with Crippen molar-refractivity contribution >= 4 is 0 Å². The third-order valence-electron chi connectivity index (χ3n) is 2.30. The molecule has 0 unspecified atom stereocenters. The highest BCUT2D eigenvalue weighted by Gasteiger charge is 2.07. The van der Waals surface area contributed by atoms with Gasteiger partial charge in [-0.05, 0) is 32.3 Å². The Kier molecular flexibility index (Phi) is 2.92. The summed E-state index contributed by atoms with van der Waals surface area (Å²) in [6.07, 6.45) is 0. The maximum absolute atomic E-state index is 9.69. The molecule has 4 nitrogen and oxygen atoms in total. The number of benzene rings is 1. The summed E-state index contributed by atoms with van der Waals surface area (Å²) in [7, 11) is 4.00. The number of hydrogen-bond donors (Lipinski definition) is 2. The van der Waals surface area contributed by atoms with E-state index in [4.69, 9.17) is 0 Å². The van der Waals surface area contributed by atoms with Gasteiger partial charge in [-0.1, -0.05) is 12.1 Å². The summed E-state index contributed by atoms with van der Waals surface area (Å²) in [5.74, 6) is 0.255. The van der Waals surface area contributed by atoms with Crippen LogP contribution < -0.4 is 0 Å². The lowest BCUT2D eigenvalue weighted by Crippen LogP contribution is -2.10. The van der Waals surface area contributed by atoms with Crippen molar-refractivity contribution in [3.63, 3.8) is 0 Å². The molecule has 0 aliphatic heterocycles. The number of aromatic nitrogens is 2. The first kappa shape index (κ1) is 10.7. The van der Waals surface area contributed by atoms with E-state index in [-0.39, 0.29) is 5.75 Å². The molecule has 0 saturated heterocycles. The molecular formula is C12H15N3O. The molecule has 0 aliphatic rings. The maximum atomic E-state index is 9.69. The van der Waals surface area contributed by atoms with Crippen LogP contribution >= 0.6 is 0 Å². The highest BCUT2D eigenvalue weighted by atomic mass is 16.3. The summed E-state index contributed by atoms with van der Waals surface area (Å²) in [5, 5.41) is 16.8. The van der Waals surface area contributed by atoms with Crippen molar-refractivity contribution in [2.45, 2.75) is 6.54 Å². The van der Waals surface area contributed by atoms with Crippen LogP contribution in [0.15, 0.2) is 30.3 Å². The fourth-order valence-corrected chi connectivity index (χ4v) is 1.61. The van der Waals surface area contributed by atoms with Crippen molar-refractivity contribution in [3.8, 4) is 17.0 Å². The molecule has 0 spiro atoms. The number of H-pyrrole nitrogens is 1. The Labute approximate surface area is 94.5 Å². The van der Waals surface area contributed by atoms with E-state index in [0.29, 0.717) is 0 Å². The molecule has 0 amide bonds. The molecule has 16 heavy (non-hydrogen) atoms. The van der Waals surface area contributed by atoms with E-state index in [2.05, 4.69) is 15.1 Å². The van der Waals surface area contributed by atoms with Crippen molar-refractivity contribution in [1.29, 1.82) is 0 Å². The van der Waals surface area contributed by atoms with Crippen molar-refractivity contribution in [1.82, 2.24) is 15.1 Å². The van der Waals surface area contributed by atoms with Gasteiger partial charge in [-0.2, -0.15) is 5.10 Å². The van der Waals surface area contributed by atoms with Gasteiger partial charge in [0.2, 0.25) is 0 Å². The van der Waals surface area contributed by atoms with E-state index in [1.54, 1.807) is 12.1 Å². The minimum absolute atomic E-state index is 0.255. The lowest BCUT2D eigenvalue weighted by atomic mass is 10.1. The molecule has 0 fully saturated rings. The lowest BCUT2D eigenvalue weighted by Gasteiger charge is -2.05. The first-order valence-corrected chi connectivity index (χ1v) is 5.14. The average molecular weight is 217 g/mol. The Balaban J connectivity index is 2.28. The van der Waals surface area contributed by atoms with Gasteiger partial charge in [0.25, 0.3) is 0 Å². The maximum Gasteiger partial charge on any atom is 0.125 e. The summed E-state index contributed by atoms with van der Waals surface area (Å²) >= 11 is 0. The van der Waals surface area contributed by atoms with Gasteiger partial charge in [-0.25, -0.2) is 0 Å². The zero-order valence-electron chi connectivity index (χ0n) is 9.44. The summed E-state index contributed by atoms with van der Waals surface area (Å²) < 4.78 is 0. The molecule has 2 aromatic rings. The molecule has 4 heteroatoms. The van der Waals surface area contributed by atoms with Crippen LogP contribution in [-0.4, -0.2) is 34.3 Å². The van der Waals surface area contributed by atoms with E-state index in [0.717, 1.165) is 23.5 Å². The third-order valence-corrected chi connectivity index (χ3v) is 2.30. The molecule has 0 bridgehead atoms. The van der Waals surface area contributed by atoms with E-state index in [1.165, 1.54) is 0 Å². The Hall–Kier alpha value is -1.81. The van der Waals surface area contributed by atoms with Crippen LogP contribution in [0.3, 0.4) is 0 Å². The smallest absolute Gasteiger partial charge is 0.125 e. The normalized spacial score (nSPS) is 10.9. The van der Waals surface area contributed by atoms with Crippen LogP contribution in [-0.2, 0) is 6.54 Å². The number of nitrogens with one attached hydrogen (secondary N) is 1. The lowest BCUT2D eigenvalue weighted by molar-refractivity contribution is 0.396. The molecule has 0 aliphatic carbocycles. The standard InChI is InChI=1S/C12H15N3O/c1-15(2)8-9-7-11(14-13-9)10-5-3-4-6-12(10)16/h3-7,16H,8H2,1-2H3,(H,13,14). The average Bonchev–Trinajstić information content (AvgIpc) is 2.66. The first-order chi connectivity index (χ1) is 7.66. The van der Waals surface area contributed by atoms with Gasteiger partial charge in [-0.3, -0.25) is 5.10 Å². The Morgan fingerprint density at radius 3 is 2.75 bits per heavy atom. The Morgan fingerprint density at radius 2 is 2.06 bits per heavy atom. The van der Waals surface area contributed by atoms with Crippen LogP contribution in [0.5, 0.6) is 5.75 Å². The highest BCUT2D eigenvalue weighted by molar-refractivity contribution is 5.66. The zero-order valence-corrected chi connectivity index (χ0v) is 9.44. The number of phenols is 1. The predicted octanol–water partition coefficient (Wildman–Crippen LogP) is 1.84. The van der Waals surface area contributed by atoms with E-state index >= 15 is 0 Å². The molecule has 0 radical (unpaired) electrons. The monoisotopic (exact) mass is 217 g/mol. The number of rotatable bonds is 3. The van der Waals surface area contributed by atoms with Crippen molar-refractivity contribution in [2.75, 3.05) is 14.1 Å². The second kappa shape index (κ2) is 4.37. The van der Waals surface area contributed by atoms with Crippen LogP contribution in [0.4, 0.5) is 0 Å². The summed E-state index contributed by atoms with van der Waals surface area (Å²) in [4.78, 5) is 2.06. The number of nitrogens with zero attached hydrogens (tertiary/aromatic N) is 2. The molecule has 1 aromatic heterocycles. The van der Waals surface area contributed by atoms with Crippen LogP contribution in [0.1, 0.15) is 5.69 Å². The quantitative estimate of drug-likeness (QED) is 0.824. The van der Waals surface area contributed by atoms with Crippen molar-refractivity contribution in [3.05, 3.63) is 36.0 Å². The van der Waals surface area contributed by atoms with Gasteiger partial charge in [0.05, 0.1) is 5.69 Å². The van der Waals surface area contributed by atoms with Gasteiger partial charge in [0.1, 0.15) is 5.75 Å². The van der Waals surface area contributed by atoms with E-state index in [1.807, 2.05) is 32.3 Å². The third kappa shape index (κ3) is 2.23. The van der Waals surface area contributed by atoms with Gasteiger partial charge < -0.3 is 10.0 Å². The van der Waals surface area contributed by atoms with Gasteiger partial charge in [0, 0.05) is 17.8 Å². The minimum Gasteiger partial charge on any atom is -0.507 e. The second-order valence-electron chi connectivity index (χ2n) is 4.03. The van der Waals surface area contributed by atoms with E-state index < -0.39 is 0 Å². The van der Waals surface area contributed by atoms with Gasteiger partial charge in [-0.15, -0.1) is 0 Å². The summed E-state index contributed by atoms with van der Waals surface area (Å²) in [6, 6.07) is 9.15. The van der Waals surface area contributed by atoms with Gasteiger partial charge in [0.15, 0.2) is 0 Å². The fourth-order valence-electron chi connectivity index (χ4n) is 1.61. The number of para-hydroxylation sites is 1. The first-order valence-electron chi connectivity index (χ1n) is 5.14. The largest absolute Gasteiger partial charge is 0.507 e. The zero-order chi connectivity index (χ0) is 11.5. The van der Waals surface area contributed by atoms with Crippen LogP contribution in [0.2, 0.25) is 0 Å². The van der Waals surface area contributed by atoms with Crippen LogP contribution in [0, 0.1) is 0 Å². The van der Waals surface area contributed by atoms with E-state index in [9.17, 15) is 5.11 Å². The molecular weight excluding hydrogens is 202 g/mol. The van der Waals surface area contributed by atoms with Gasteiger partial charge >= 0.3 is 0 Å². The molecule has 2 rings (SSSR count). The molecule has 84 valence electrons. The summed E-state index contributed by atoms with van der Waals surface area (Å²) in [6.45, 7) is 0.806. The molecule has 1 heterocycles. The van der Waals surface area contributed by atoms with Crippen molar-refractivity contribution < 1.29 is 5.11 Å². The summed E-state index contributed by atoms with van der Waals surface area (Å²) in [5.41, 5.74) is 2.56. The molecule has 2 N–H and O–H groups in total. The molecule has 0 saturated carbocycles. The van der Waals surface area contributed by atoms with Crippen LogP contribution in [0.25, 0.3) is 11.3 Å². The molecule has 0 atom stereocenters. The number of aromatic amines is 1.